The van der Waals surface area contributed by atoms with E-state index in [-0.39, 0.29) is 24.9 Å². The monoisotopic (exact) mass is 840 g/mol. The van der Waals surface area contributed by atoms with E-state index in [2.05, 4.69) is 62.5 Å². The molecule has 1 amide bonds. The van der Waals surface area contributed by atoms with E-state index < -0.39 is 18.2 Å². The molecule has 0 spiro atoms. The van der Waals surface area contributed by atoms with E-state index in [1.165, 1.54) is 122 Å². The molecule has 348 valence electrons. The van der Waals surface area contributed by atoms with E-state index >= 15 is 0 Å². The number of rotatable bonds is 45. The van der Waals surface area contributed by atoms with Crippen molar-refractivity contribution in [1.82, 2.24) is 5.32 Å². The van der Waals surface area contributed by atoms with Crippen LogP contribution in [0.2, 0.25) is 0 Å². The van der Waals surface area contributed by atoms with E-state index in [9.17, 15) is 19.8 Å². The zero-order chi connectivity index (χ0) is 43.8. The Morgan fingerprint density at radius 1 is 0.500 bits per heavy atom. The van der Waals surface area contributed by atoms with Crippen LogP contribution >= 0.6 is 0 Å². The van der Waals surface area contributed by atoms with Crippen LogP contribution in [0.5, 0.6) is 0 Å². The molecular formula is C54H97NO5. The number of allylic oxidation sites excluding steroid dienone is 10. The molecule has 0 saturated carbocycles. The molecule has 0 fully saturated rings. The first-order valence-electron chi connectivity index (χ1n) is 25.6. The van der Waals surface area contributed by atoms with E-state index in [0.717, 1.165) is 77.0 Å². The van der Waals surface area contributed by atoms with Crippen LogP contribution < -0.4 is 5.32 Å². The van der Waals surface area contributed by atoms with Gasteiger partial charge in [-0.2, -0.15) is 0 Å². The first kappa shape index (κ1) is 57.6. The summed E-state index contributed by atoms with van der Waals surface area (Å²) in [5.41, 5.74) is 0. The molecule has 60 heavy (non-hydrogen) atoms. The second-order valence-corrected chi connectivity index (χ2v) is 17.3. The van der Waals surface area contributed by atoms with E-state index in [4.69, 9.17) is 4.74 Å². The number of carbonyl (C=O) groups is 2. The van der Waals surface area contributed by atoms with Crippen LogP contribution in [0.1, 0.15) is 245 Å². The summed E-state index contributed by atoms with van der Waals surface area (Å²) in [6.45, 7) is 6.32. The van der Waals surface area contributed by atoms with Gasteiger partial charge in [0.2, 0.25) is 5.91 Å². The number of hydrogen-bond acceptors (Lipinski definition) is 5. The van der Waals surface area contributed by atoms with E-state index in [1.807, 2.05) is 24.3 Å². The Bertz CT molecular complexity index is 1080. The summed E-state index contributed by atoms with van der Waals surface area (Å²) < 4.78 is 5.91. The minimum atomic E-state index is -0.800. The van der Waals surface area contributed by atoms with Gasteiger partial charge in [0.25, 0.3) is 0 Å². The number of carbonyl (C=O) groups excluding carboxylic acids is 2. The highest BCUT2D eigenvalue weighted by Gasteiger charge is 2.24. The van der Waals surface area contributed by atoms with Crippen LogP contribution in [-0.4, -0.2) is 46.9 Å². The first-order chi connectivity index (χ1) is 29.5. The second-order valence-electron chi connectivity index (χ2n) is 17.3. The molecule has 3 atom stereocenters. The summed E-state index contributed by atoms with van der Waals surface area (Å²) >= 11 is 0. The molecule has 6 nitrogen and oxygen atoms in total. The Kier molecular flexibility index (Phi) is 45.7. The van der Waals surface area contributed by atoms with Gasteiger partial charge in [-0.25, -0.2) is 0 Å². The largest absolute Gasteiger partial charge is 0.462 e. The van der Waals surface area contributed by atoms with E-state index in [1.54, 1.807) is 0 Å². The molecule has 0 aliphatic heterocycles. The summed E-state index contributed by atoms with van der Waals surface area (Å²) in [6.07, 6.45) is 58.6. The van der Waals surface area contributed by atoms with Crippen molar-refractivity contribution in [2.24, 2.45) is 0 Å². The number of ether oxygens (including phenoxy) is 1. The molecule has 0 aromatic rings. The molecule has 3 unspecified atom stereocenters. The van der Waals surface area contributed by atoms with Gasteiger partial charge in [-0.3, -0.25) is 9.59 Å². The maximum atomic E-state index is 13.2. The molecule has 0 saturated heterocycles. The minimum absolute atomic E-state index is 0.0471. The van der Waals surface area contributed by atoms with Crippen LogP contribution in [-0.2, 0) is 14.3 Å². The fraction of sp³-hybridized carbons (Fsp3) is 0.778. The van der Waals surface area contributed by atoms with Gasteiger partial charge in [0, 0.05) is 6.42 Å². The lowest BCUT2D eigenvalue weighted by Gasteiger charge is -2.24. The fourth-order valence-electron chi connectivity index (χ4n) is 7.55. The maximum Gasteiger partial charge on any atom is 0.306 e. The Balaban J connectivity index is 4.60. The molecule has 6 heteroatoms. The lowest BCUT2D eigenvalue weighted by Crippen LogP contribution is -2.46. The van der Waals surface area contributed by atoms with Crippen LogP contribution in [0.25, 0.3) is 0 Å². The number of aliphatic hydroxyl groups is 2. The van der Waals surface area contributed by atoms with Crippen molar-refractivity contribution in [2.75, 3.05) is 6.61 Å². The SMILES string of the molecule is CC/C=C/C=C/C=C/C=C\CCCCCC(CC(=O)NC(CO)C(O)CCCCCCCCCCCC)OC(=O)CCCCCCC/C=C/CCCCCCCCCCC. The smallest absolute Gasteiger partial charge is 0.306 e. The Morgan fingerprint density at radius 3 is 1.43 bits per heavy atom. The number of unbranched alkanes of at least 4 members (excludes halogenated alkanes) is 26. The van der Waals surface area contributed by atoms with Crippen molar-refractivity contribution in [1.29, 1.82) is 0 Å². The Morgan fingerprint density at radius 2 is 0.917 bits per heavy atom. The first-order valence-corrected chi connectivity index (χ1v) is 25.6. The highest BCUT2D eigenvalue weighted by molar-refractivity contribution is 5.77. The van der Waals surface area contributed by atoms with Crippen molar-refractivity contribution in [3.8, 4) is 0 Å². The quantitative estimate of drug-likeness (QED) is 0.0246. The van der Waals surface area contributed by atoms with Gasteiger partial charge < -0.3 is 20.3 Å². The van der Waals surface area contributed by atoms with Gasteiger partial charge in [-0.1, -0.05) is 223 Å². The van der Waals surface area contributed by atoms with Gasteiger partial charge in [-0.15, -0.1) is 0 Å². The number of hydrogen-bond donors (Lipinski definition) is 3. The number of nitrogens with one attached hydrogen (secondary N) is 1. The third kappa shape index (κ3) is 42.3. The number of aliphatic hydroxyl groups excluding tert-OH is 2. The van der Waals surface area contributed by atoms with Crippen molar-refractivity contribution in [3.05, 3.63) is 60.8 Å². The van der Waals surface area contributed by atoms with Crippen LogP contribution in [0.4, 0.5) is 0 Å². The summed E-state index contributed by atoms with van der Waals surface area (Å²) in [5.74, 6) is -0.522. The summed E-state index contributed by atoms with van der Waals surface area (Å²) in [4.78, 5) is 26.1. The van der Waals surface area contributed by atoms with Crippen molar-refractivity contribution in [3.63, 3.8) is 0 Å². The Labute approximate surface area is 371 Å². The molecular weight excluding hydrogens is 743 g/mol. The maximum absolute atomic E-state index is 13.2. The van der Waals surface area contributed by atoms with Gasteiger partial charge in [0.15, 0.2) is 0 Å². The van der Waals surface area contributed by atoms with Gasteiger partial charge >= 0.3 is 5.97 Å². The molecule has 0 aliphatic rings. The summed E-state index contributed by atoms with van der Waals surface area (Å²) in [6, 6.07) is -0.716. The molecule has 0 bridgehead atoms. The molecule has 0 heterocycles. The lowest BCUT2D eigenvalue weighted by molar-refractivity contribution is -0.151. The molecule has 0 rings (SSSR count). The highest BCUT2D eigenvalue weighted by atomic mass is 16.5. The predicted molar refractivity (Wildman–Crippen MR) is 259 cm³/mol. The van der Waals surface area contributed by atoms with Gasteiger partial charge in [0.1, 0.15) is 6.10 Å². The van der Waals surface area contributed by atoms with Crippen molar-refractivity contribution >= 4 is 11.9 Å². The van der Waals surface area contributed by atoms with Crippen molar-refractivity contribution in [2.45, 2.75) is 264 Å². The summed E-state index contributed by atoms with van der Waals surface area (Å²) in [5, 5.41) is 23.7. The lowest BCUT2D eigenvalue weighted by atomic mass is 10.0. The zero-order valence-corrected chi connectivity index (χ0v) is 39.6. The molecule has 0 aromatic carbocycles. The summed E-state index contributed by atoms with van der Waals surface area (Å²) in [7, 11) is 0. The third-order valence-electron chi connectivity index (χ3n) is 11.4. The average Bonchev–Trinajstić information content (AvgIpc) is 3.24. The molecule has 0 aliphatic carbocycles. The van der Waals surface area contributed by atoms with E-state index in [0.29, 0.717) is 19.3 Å². The topological polar surface area (TPSA) is 95.9 Å². The molecule has 0 aromatic heterocycles. The standard InChI is InChI=1S/C54H97NO5/c1-4-7-10-13-16-19-22-24-25-26-27-28-30-32-35-38-41-44-47-54(59)60-50(45-42-39-36-33-31-29-23-20-17-14-11-8-5-2)48-53(58)55-51(49-56)52(57)46-43-40-37-34-21-18-15-12-9-6-3/h8,11,14,17,20,23,27-29,31,50-52,56-57H,4-7,9-10,12-13,15-16,18-19,21-22,24-26,30,32-49H2,1-3H3,(H,55,58)/b11-8+,17-14+,23-20+,28-27+,31-29-. The fourth-order valence-corrected chi connectivity index (χ4v) is 7.55. The third-order valence-corrected chi connectivity index (χ3v) is 11.4. The number of amides is 1. The molecule has 0 radical (unpaired) electrons. The zero-order valence-electron chi connectivity index (χ0n) is 39.6. The van der Waals surface area contributed by atoms with Crippen LogP contribution in [0.15, 0.2) is 60.8 Å². The number of esters is 1. The predicted octanol–water partition coefficient (Wildman–Crippen LogP) is 15.2. The van der Waals surface area contributed by atoms with Crippen LogP contribution in [0.3, 0.4) is 0 Å². The normalized spacial score (nSPS) is 13.8. The van der Waals surface area contributed by atoms with Crippen molar-refractivity contribution < 1.29 is 24.5 Å². The highest BCUT2D eigenvalue weighted by Crippen LogP contribution is 2.17. The Hall–Kier alpha value is -2.44. The van der Waals surface area contributed by atoms with Gasteiger partial charge in [-0.05, 0) is 70.6 Å². The average molecular weight is 840 g/mol. The van der Waals surface area contributed by atoms with Gasteiger partial charge in [0.05, 0.1) is 25.2 Å². The molecule has 3 N–H and O–H groups in total. The minimum Gasteiger partial charge on any atom is -0.462 e. The van der Waals surface area contributed by atoms with Crippen LogP contribution in [0, 0.1) is 0 Å². The second kappa shape index (κ2) is 47.6.